The van der Waals surface area contributed by atoms with E-state index in [1.54, 1.807) is 34.9 Å². The molecule has 0 atom stereocenters. The van der Waals surface area contributed by atoms with E-state index in [1.165, 1.54) is 0 Å². The van der Waals surface area contributed by atoms with Crippen LogP contribution in [0.3, 0.4) is 0 Å². The Morgan fingerprint density at radius 1 is 1.09 bits per heavy atom. The van der Waals surface area contributed by atoms with Crippen LogP contribution in [0.25, 0.3) is 10.9 Å². The molecule has 0 saturated carbocycles. The van der Waals surface area contributed by atoms with E-state index < -0.39 is 5.97 Å². The predicted molar refractivity (Wildman–Crippen MR) is 89.5 cm³/mol. The number of aromatic carboxylic acids is 1. The molecular weight excluding hydrogens is 345 g/mol. The number of para-hydroxylation sites is 1. The van der Waals surface area contributed by atoms with Gasteiger partial charge in [0.15, 0.2) is 0 Å². The summed E-state index contributed by atoms with van der Waals surface area (Å²) in [6.45, 7) is 0.364. The summed E-state index contributed by atoms with van der Waals surface area (Å²) in [5.74, 6) is -1.05. The van der Waals surface area contributed by atoms with Crippen LogP contribution < -0.4 is 0 Å². The number of benzene rings is 2. The van der Waals surface area contributed by atoms with Crippen molar-refractivity contribution in [2.45, 2.75) is 6.54 Å². The molecule has 0 spiro atoms. The van der Waals surface area contributed by atoms with E-state index in [9.17, 15) is 9.90 Å². The second-order valence-electron chi connectivity index (χ2n) is 4.81. The van der Waals surface area contributed by atoms with Gasteiger partial charge in [0.05, 0.1) is 12.1 Å². The zero-order valence-corrected chi connectivity index (χ0v) is 13.5. The van der Waals surface area contributed by atoms with Gasteiger partial charge in [-0.1, -0.05) is 59.1 Å². The molecule has 0 aliphatic carbocycles. The van der Waals surface area contributed by atoms with Crippen LogP contribution in [0.1, 0.15) is 15.9 Å². The molecule has 0 aliphatic rings. The molecule has 1 aromatic heterocycles. The van der Waals surface area contributed by atoms with Crippen LogP contribution in [0.2, 0.25) is 15.2 Å². The first kappa shape index (κ1) is 15.2. The number of carboxylic acid groups (broad SMARTS) is 1. The molecule has 0 saturated heterocycles. The highest BCUT2D eigenvalue weighted by Gasteiger charge is 2.21. The van der Waals surface area contributed by atoms with Gasteiger partial charge in [-0.15, -0.1) is 0 Å². The lowest BCUT2D eigenvalue weighted by molar-refractivity contribution is 0.0699. The molecule has 6 heteroatoms. The molecule has 0 fully saturated rings. The van der Waals surface area contributed by atoms with Crippen LogP contribution in [0.4, 0.5) is 0 Å². The van der Waals surface area contributed by atoms with Crippen molar-refractivity contribution in [3.05, 3.63) is 68.8 Å². The SMILES string of the molecule is O=C(O)c1c(Cl)n(Cc2ccc(Cl)cc2Cl)c2ccccc12. The number of nitrogens with zero attached hydrogens (tertiary/aromatic N) is 1. The third-order valence-electron chi connectivity index (χ3n) is 3.46. The molecule has 0 unspecified atom stereocenters. The molecular formula is C16H10Cl3NO2. The molecule has 22 heavy (non-hydrogen) atoms. The monoisotopic (exact) mass is 353 g/mol. The van der Waals surface area contributed by atoms with Crippen LogP contribution in [0.15, 0.2) is 42.5 Å². The van der Waals surface area contributed by atoms with Gasteiger partial charge in [0.25, 0.3) is 0 Å². The summed E-state index contributed by atoms with van der Waals surface area (Å²) in [4.78, 5) is 11.5. The number of hydrogen-bond donors (Lipinski definition) is 1. The summed E-state index contributed by atoms with van der Waals surface area (Å²) >= 11 is 18.4. The Morgan fingerprint density at radius 2 is 1.82 bits per heavy atom. The fourth-order valence-corrected chi connectivity index (χ4v) is 3.25. The Morgan fingerprint density at radius 3 is 2.50 bits per heavy atom. The summed E-state index contributed by atoms with van der Waals surface area (Å²) in [7, 11) is 0. The maximum atomic E-state index is 11.5. The Bertz CT molecular complexity index is 886. The molecule has 0 bridgehead atoms. The van der Waals surface area contributed by atoms with Gasteiger partial charge in [0, 0.05) is 15.4 Å². The molecule has 3 nitrogen and oxygen atoms in total. The standard InChI is InChI=1S/C16H10Cl3NO2/c17-10-6-5-9(12(18)7-10)8-20-13-4-2-1-3-11(13)14(15(20)19)16(21)22/h1-7H,8H2,(H,21,22). The highest BCUT2D eigenvalue weighted by atomic mass is 35.5. The Hall–Kier alpha value is -1.68. The second kappa shape index (κ2) is 5.84. The normalized spacial score (nSPS) is 11.0. The molecule has 1 heterocycles. The van der Waals surface area contributed by atoms with E-state index in [4.69, 9.17) is 34.8 Å². The molecule has 0 radical (unpaired) electrons. The number of hydrogen-bond acceptors (Lipinski definition) is 1. The van der Waals surface area contributed by atoms with Crippen molar-refractivity contribution in [2.75, 3.05) is 0 Å². The molecule has 1 N–H and O–H groups in total. The maximum absolute atomic E-state index is 11.5. The van der Waals surface area contributed by atoms with E-state index in [2.05, 4.69) is 0 Å². The van der Waals surface area contributed by atoms with Crippen molar-refractivity contribution < 1.29 is 9.90 Å². The van der Waals surface area contributed by atoms with Crippen LogP contribution in [0, 0.1) is 0 Å². The molecule has 0 aliphatic heterocycles. The molecule has 3 rings (SSSR count). The van der Waals surface area contributed by atoms with Crippen LogP contribution in [-0.2, 0) is 6.54 Å². The summed E-state index contributed by atoms with van der Waals surface area (Å²) in [5.41, 5.74) is 1.66. The fraction of sp³-hybridized carbons (Fsp3) is 0.0625. The minimum Gasteiger partial charge on any atom is -0.478 e. The van der Waals surface area contributed by atoms with Gasteiger partial charge in [-0.05, 0) is 23.8 Å². The topological polar surface area (TPSA) is 42.2 Å². The van der Waals surface area contributed by atoms with Crippen LogP contribution in [0.5, 0.6) is 0 Å². The first-order valence-corrected chi connectivity index (χ1v) is 7.56. The van der Waals surface area contributed by atoms with Gasteiger partial charge in [0.2, 0.25) is 0 Å². The van der Waals surface area contributed by atoms with Crippen molar-refractivity contribution >= 4 is 51.7 Å². The highest BCUT2D eigenvalue weighted by molar-refractivity contribution is 6.36. The minimum atomic E-state index is -1.05. The number of rotatable bonds is 3. The molecule has 3 aromatic rings. The van der Waals surface area contributed by atoms with Gasteiger partial charge in [-0.25, -0.2) is 4.79 Å². The lowest BCUT2D eigenvalue weighted by Crippen LogP contribution is -2.02. The smallest absolute Gasteiger partial charge is 0.339 e. The number of fused-ring (bicyclic) bond motifs is 1. The summed E-state index contributed by atoms with van der Waals surface area (Å²) in [5, 5.41) is 11.2. The number of carboxylic acids is 1. The molecule has 0 amide bonds. The van der Waals surface area contributed by atoms with Crippen molar-refractivity contribution in [1.82, 2.24) is 4.57 Å². The molecule has 2 aromatic carbocycles. The lowest BCUT2D eigenvalue weighted by Gasteiger charge is -2.09. The van der Waals surface area contributed by atoms with Crippen molar-refractivity contribution in [2.24, 2.45) is 0 Å². The fourth-order valence-electron chi connectivity index (χ4n) is 2.45. The zero-order valence-electron chi connectivity index (χ0n) is 11.2. The lowest BCUT2D eigenvalue weighted by atomic mass is 10.2. The largest absolute Gasteiger partial charge is 0.478 e. The number of aromatic nitrogens is 1. The number of carbonyl (C=O) groups is 1. The highest BCUT2D eigenvalue weighted by Crippen LogP contribution is 2.32. The number of halogens is 3. The third-order valence-corrected chi connectivity index (χ3v) is 4.44. The quantitative estimate of drug-likeness (QED) is 0.689. The third kappa shape index (κ3) is 2.56. The van der Waals surface area contributed by atoms with E-state index in [-0.39, 0.29) is 10.7 Å². The van der Waals surface area contributed by atoms with Gasteiger partial charge < -0.3 is 9.67 Å². The van der Waals surface area contributed by atoms with E-state index >= 15 is 0 Å². The Balaban J connectivity index is 2.19. The first-order chi connectivity index (χ1) is 10.5. The van der Waals surface area contributed by atoms with E-state index in [1.807, 2.05) is 12.1 Å². The van der Waals surface area contributed by atoms with Gasteiger partial charge in [-0.2, -0.15) is 0 Å². The molecule has 112 valence electrons. The summed E-state index contributed by atoms with van der Waals surface area (Å²) in [6, 6.07) is 12.4. The maximum Gasteiger partial charge on any atom is 0.339 e. The zero-order chi connectivity index (χ0) is 15.9. The minimum absolute atomic E-state index is 0.0994. The van der Waals surface area contributed by atoms with Crippen molar-refractivity contribution in [3.8, 4) is 0 Å². The Kier molecular flexibility index (Phi) is 4.04. The average Bonchev–Trinajstić information content (AvgIpc) is 2.74. The van der Waals surface area contributed by atoms with E-state index in [0.717, 1.165) is 11.1 Å². The average molecular weight is 355 g/mol. The van der Waals surface area contributed by atoms with Crippen LogP contribution in [-0.4, -0.2) is 15.6 Å². The van der Waals surface area contributed by atoms with E-state index in [0.29, 0.717) is 22.0 Å². The second-order valence-corrected chi connectivity index (χ2v) is 6.01. The first-order valence-electron chi connectivity index (χ1n) is 6.43. The van der Waals surface area contributed by atoms with Crippen molar-refractivity contribution in [1.29, 1.82) is 0 Å². The van der Waals surface area contributed by atoms with Crippen molar-refractivity contribution in [3.63, 3.8) is 0 Å². The van der Waals surface area contributed by atoms with Gasteiger partial charge in [-0.3, -0.25) is 0 Å². The Labute approximate surface area is 141 Å². The van der Waals surface area contributed by atoms with Gasteiger partial charge >= 0.3 is 5.97 Å². The summed E-state index contributed by atoms with van der Waals surface area (Å²) < 4.78 is 1.73. The predicted octanol–water partition coefficient (Wildman–Crippen LogP) is 5.35. The summed E-state index contributed by atoms with van der Waals surface area (Å²) in [6.07, 6.45) is 0. The van der Waals surface area contributed by atoms with Crippen LogP contribution >= 0.6 is 34.8 Å². The van der Waals surface area contributed by atoms with Gasteiger partial charge in [0.1, 0.15) is 10.7 Å².